The number of carbonyl (C=O) groups is 1. The number of para-hydroxylation sites is 1. The monoisotopic (exact) mass is 455 g/mol. The third kappa shape index (κ3) is 4.57. The van der Waals surface area contributed by atoms with Gasteiger partial charge in [-0.1, -0.05) is 68.8 Å². The molecule has 0 amide bonds. The van der Waals surface area contributed by atoms with Crippen molar-refractivity contribution in [2.24, 2.45) is 16.7 Å². The zero-order valence-electron chi connectivity index (χ0n) is 21.8. The average molecular weight is 456 g/mol. The average Bonchev–Trinajstić information content (AvgIpc) is 3.20. The van der Waals surface area contributed by atoms with Crippen molar-refractivity contribution in [1.82, 2.24) is 4.98 Å². The summed E-state index contributed by atoms with van der Waals surface area (Å²) in [5.74, 6) is 1.23. The van der Waals surface area contributed by atoms with Crippen LogP contribution in [0.3, 0.4) is 0 Å². The first-order valence-corrected chi connectivity index (χ1v) is 13.2. The summed E-state index contributed by atoms with van der Waals surface area (Å²) in [7, 11) is 0. The van der Waals surface area contributed by atoms with Gasteiger partial charge in [0.25, 0.3) is 0 Å². The van der Waals surface area contributed by atoms with Crippen LogP contribution in [0.15, 0.2) is 54.7 Å². The minimum atomic E-state index is 0.0671. The number of aromatic nitrogens is 1. The van der Waals surface area contributed by atoms with Crippen LogP contribution < -0.4 is 0 Å². The van der Waals surface area contributed by atoms with Crippen molar-refractivity contribution in [1.29, 1.82) is 0 Å². The summed E-state index contributed by atoms with van der Waals surface area (Å²) in [6.45, 7) is 11.0. The van der Waals surface area contributed by atoms with E-state index >= 15 is 0 Å². The standard InChI is InChI=1S/C11H18O.C11H14.C10H9N/c1-4-11-6-5-8(7-9(11)12)10(11,2)3;1-9-6-7-10-4-2-3-5-11(10)8-9;1-8-4-2-5-9-6-3-7-11-10(8)9/h8H,4-7H2,1-3H3;6-8H,2-5H2,1H3;2-7H,1H3/t8-,11+;;/m1../s1. The fourth-order valence-corrected chi connectivity index (χ4v) is 6.72. The van der Waals surface area contributed by atoms with Crippen molar-refractivity contribution in [2.45, 2.75) is 86.0 Å². The minimum absolute atomic E-state index is 0.0671. The molecule has 2 nitrogen and oxygen atoms in total. The Kier molecular flexibility index (Phi) is 7.26. The van der Waals surface area contributed by atoms with Crippen molar-refractivity contribution in [2.75, 3.05) is 0 Å². The quantitative estimate of drug-likeness (QED) is 0.370. The number of ketones is 1. The van der Waals surface area contributed by atoms with E-state index in [-0.39, 0.29) is 5.41 Å². The molecule has 3 aliphatic rings. The lowest BCUT2D eigenvalue weighted by molar-refractivity contribution is -0.129. The van der Waals surface area contributed by atoms with Gasteiger partial charge < -0.3 is 0 Å². The number of rotatable bonds is 1. The summed E-state index contributed by atoms with van der Waals surface area (Å²) in [4.78, 5) is 16.1. The molecule has 2 aromatic carbocycles. The van der Waals surface area contributed by atoms with Crippen LogP contribution in [0.5, 0.6) is 0 Å². The van der Waals surface area contributed by atoms with E-state index in [1.807, 2.05) is 12.3 Å². The highest BCUT2D eigenvalue weighted by atomic mass is 16.1. The highest BCUT2D eigenvalue weighted by Gasteiger charge is 2.62. The maximum Gasteiger partial charge on any atom is 0.139 e. The van der Waals surface area contributed by atoms with Gasteiger partial charge in [0, 0.05) is 23.4 Å². The molecule has 3 aromatic rings. The Morgan fingerprint density at radius 1 is 0.971 bits per heavy atom. The Balaban J connectivity index is 0.000000121. The number of hydrogen-bond acceptors (Lipinski definition) is 2. The number of aryl methyl sites for hydroxylation is 4. The molecular formula is C32H41NO. The van der Waals surface area contributed by atoms with Crippen LogP contribution in [-0.4, -0.2) is 10.8 Å². The molecule has 0 spiro atoms. The Morgan fingerprint density at radius 3 is 2.32 bits per heavy atom. The molecule has 2 bridgehead atoms. The summed E-state index contributed by atoms with van der Waals surface area (Å²) in [6, 6.07) is 17.1. The summed E-state index contributed by atoms with van der Waals surface area (Å²) in [6.07, 6.45) is 11.6. The van der Waals surface area contributed by atoms with Gasteiger partial charge in [-0.25, -0.2) is 0 Å². The zero-order chi connectivity index (χ0) is 24.3. The number of fused-ring (bicyclic) bond motifs is 4. The second kappa shape index (κ2) is 10.0. The summed E-state index contributed by atoms with van der Waals surface area (Å²) in [5.41, 5.74) is 7.29. The molecule has 0 unspecified atom stereocenters. The van der Waals surface area contributed by atoms with Gasteiger partial charge >= 0.3 is 0 Å². The van der Waals surface area contributed by atoms with E-state index in [2.05, 4.69) is 82.1 Å². The highest BCUT2D eigenvalue weighted by molar-refractivity contribution is 5.89. The van der Waals surface area contributed by atoms with Crippen LogP contribution in [-0.2, 0) is 17.6 Å². The third-order valence-electron chi connectivity index (χ3n) is 9.08. The SMILES string of the molecule is CC[C@]12CC[C@H](CC1=O)C2(C)C.Cc1ccc2c(c1)CCCC2.Cc1cccc2cccnc12. The molecule has 34 heavy (non-hydrogen) atoms. The molecule has 1 aromatic heterocycles. The first kappa shape index (κ1) is 24.6. The zero-order valence-corrected chi connectivity index (χ0v) is 21.8. The Morgan fingerprint density at radius 2 is 1.71 bits per heavy atom. The number of hydrogen-bond donors (Lipinski definition) is 0. The van der Waals surface area contributed by atoms with Crippen molar-refractivity contribution >= 4 is 16.7 Å². The number of pyridine rings is 1. The van der Waals surface area contributed by atoms with E-state index < -0.39 is 0 Å². The van der Waals surface area contributed by atoms with Crippen LogP contribution in [0.4, 0.5) is 0 Å². The smallest absolute Gasteiger partial charge is 0.139 e. The van der Waals surface area contributed by atoms with E-state index in [0.29, 0.717) is 17.1 Å². The maximum absolute atomic E-state index is 11.8. The molecule has 6 rings (SSSR count). The van der Waals surface area contributed by atoms with Gasteiger partial charge in [0.1, 0.15) is 5.78 Å². The molecular weight excluding hydrogens is 414 g/mol. The highest BCUT2D eigenvalue weighted by Crippen LogP contribution is 2.65. The fraction of sp³-hybridized carbons (Fsp3) is 0.500. The van der Waals surface area contributed by atoms with E-state index in [4.69, 9.17) is 0 Å². The molecule has 0 N–H and O–H groups in total. The van der Waals surface area contributed by atoms with Gasteiger partial charge in [-0.05, 0) is 92.9 Å². The first-order chi connectivity index (χ1) is 16.3. The van der Waals surface area contributed by atoms with Crippen molar-refractivity contribution in [3.05, 3.63) is 77.0 Å². The summed E-state index contributed by atoms with van der Waals surface area (Å²) < 4.78 is 0. The van der Waals surface area contributed by atoms with Gasteiger partial charge in [0.15, 0.2) is 0 Å². The van der Waals surface area contributed by atoms with Crippen LogP contribution in [0.1, 0.15) is 81.5 Å². The topological polar surface area (TPSA) is 30.0 Å². The maximum atomic E-state index is 11.8. The van der Waals surface area contributed by atoms with Crippen LogP contribution >= 0.6 is 0 Å². The molecule has 2 saturated carbocycles. The van der Waals surface area contributed by atoms with Crippen LogP contribution in [0.25, 0.3) is 10.9 Å². The van der Waals surface area contributed by atoms with Gasteiger partial charge in [-0.2, -0.15) is 0 Å². The van der Waals surface area contributed by atoms with E-state index in [0.717, 1.165) is 24.8 Å². The molecule has 2 heteroatoms. The number of nitrogens with zero attached hydrogens (tertiary/aromatic N) is 1. The lowest BCUT2D eigenvalue weighted by Gasteiger charge is -2.35. The molecule has 2 atom stereocenters. The summed E-state index contributed by atoms with van der Waals surface area (Å²) >= 11 is 0. The molecule has 1 heterocycles. The predicted octanol–water partition coefficient (Wildman–Crippen LogP) is 8.21. The summed E-state index contributed by atoms with van der Waals surface area (Å²) in [5, 5.41) is 1.22. The third-order valence-corrected chi connectivity index (χ3v) is 9.08. The molecule has 0 saturated heterocycles. The fourth-order valence-electron chi connectivity index (χ4n) is 6.72. The van der Waals surface area contributed by atoms with E-state index in [9.17, 15) is 4.79 Å². The van der Waals surface area contributed by atoms with Crippen molar-refractivity contribution < 1.29 is 4.79 Å². The molecule has 180 valence electrons. The molecule has 3 aliphatic carbocycles. The molecule has 0 radical (unpaired) electrons. The lowest BCUT2D eigenvalue weighted by Crippen LogP contribution is -2.34. The van der Waals surface area contributed by atoms with Gasteiger partial charge in [-0.3, -0.25) is 9.78 Å². The Hall–Kier alpha value is -2.48. The second-order valence-electron chi connectivity index (χ2n) is 11.1. The Bertz CT molecular complexity index is 1160. The normalized spacial score (nSPS) is 24.0. The van der Waals surface area contributed by atoms with E-state index in [1.165, 1.54) is 48.6 Å². The largest absolute Gasteiger partial charge is 0.299 e. The first-order valence-electron chi connectivity index (χ1n) is 13.2. The van der Waals surface area contributed by atoms with Crippen molar-refractivity contribution in [3.63, 3.8) is 0 Å². The van der Waals surface area contributed by atoms with Crippen LogP contribution in [0.2, 0.25) is 0 Å². The number of Topliss-reactive ketones (excluding diaryl/α,β-unsaturated/α-hetero) is 1. The Labute approximate surface area is 206 Å². The molecule has 2 fully saturated rings. The van der Waals surface area contributed by atoms with Gasteiger partial charge in [0.05, 0.1) is 5.52 Å². The number of benzene rings is 2. The predicted molar refractivity (Wildman–Crippen MR) is 143 cm³/mol. The number of carbonyl (C=O) groups excluding carboxylic acids is 1. The van der Waals surface area contributed by atoms with Crippen molar-refractivity contribution in [3.8, 4) is 0 Å². The molecule has 0 aliphatic heterocycles. The van der Waals surface area contributed by atoms with Gasteiger partial charge in [0.2, 0.25) is 0 Å². The van der Waals surface area contributed by atoms with Crippen LogP contribution in [0, 0.1) is 30.6 Å². The van der Waals surface area contributed by atoms with E-state index in [1.54, 1.807) is 11.1 Å². The lowest BCUT2D eigenvalue weighted by atomic mass is 9.67. The van der Waals surface area contributed by atoms with Gasteiger partial charge in [-0.15, -0.1) is 0 Å². The second-order valence-corrected chi connectivity index (χ2v) is 11.1. The minimum Gasteiger partial charge on any atom is -0.299 e.